The van der Waals surface area contributed by atoms with Crippen LogP contribution < -0.4 is 5.32 Å². The third-order valence-electron chi connectivity index (χ3n) is 4.90. The quantitative estimate of drug-likeness (QED) is 0.456. The number of carbonyl (C=O) groups excluding carboxylic acids is 2. The van der Waals surface area contributed by atoms with Crippen LogP contribution in [0.25, 0.3) is 5.69 Å². The van der Waals surface area contributed by atoms with Crippen LogP contribution in [0.4, 0.5) is 0 Å². The van der Waals surface area contributed by atoms with E-state index in [0.717, 1.165) is 5.69 Å². The van der Waals surface area contributed by atoms with E-state index in [-0.39, 0.29) is 23.6 Å². The number of nitrogens with zero attached hydrogens (tertiary/aromatic N) is 3. The van der Waals surface area contributed by atoms with Crippen molar-refractivity contribution in [2.24, 2.45) is 0 Å². The predicted octanol–water partition coefficient (Wildman–Crippen LogP) is 2.38. The van der Waals surface area contributed by atoms with Gasteiger partial charge in [0.05, 0.1) is 10.6 Å². The first kappa shape index (κ1) is 24.1. The smallest absolute Gasteiger partial charge is 0.325 e. The van der Waals surface area contributed by atoms with Crippen molar-refractivity contribution in [2.75, 3.05) is 19.6 Å². The monoisotopic (exact) mass is 470 g/mol. The van der Waals surface area contributed by atoms with E-state index < -0.39 is 21.9 Å². The van der Waals surface area contributed by atoms with Gasteiger partial charge in [0.25, 0.3) is 5.91 Å². The van der Waals surface area contributed by atoms with Crippen molar-refractivity contribution in [3.63, 3.8) is 0 Å². The van der Waals surface area contributed by atoms with Crippen LogP contribution in [0, 0.1) is 0 Å². The highest BCUT2D eigenvalue weighted by Crippen LogP contribution is 2.16. The molecule has 1 amide bonds. The lowest BCUT2D eigenvalue weighted by atomic mass is 10.2. The molecule has 0 aliphatic rings. The summed E-state index contributed by atoms with van der Waals surface area (Å²) in [5.41, 5.74) is 1.70. The average molecular weight is 471 g/mol. The lowest BCUT2D eigenvalue weighted by Gasteiger charge is -2.18. The number of benzene rings is 2. The molecule has 2 aromatic carbocycles. The fourth-order valence-electron chi connectivity index (χ4n) is 3.11. The van der Waals surface area contributed by atoms with Crippen molar-refractivity contribution in [3.8, 4) is 5.69 Å². The maximum absolute atomic E-state index is 12.5. The molecule has 0 spiro atoms. The van der Waals surface area contributed by atoms with Crippen molar-refractivity contribution in [3.05, 3.63) is 78.1 Å². The van der Waals surface area contributed by atoms with Crippen LogP contribution in [0.15, 0.2) is 71.8 Å². The number of ether oxygens (including phenoxy) is 1. The number of hydrogen-bond donors (Lipinski definition) is 1. The molecule has 0 unspecified atom stereocenters. The Morgan fingerprint density at radius 2 is 1.67 bits per heavy atom. The third-order valence-corrected chi connectivity index (χ3v) is 6.96. The van der Waals surface area contributed by atoms with Crippen LogP contribution in [-0.2, 0) is 26.2 Å². The van der Waals surface area contributed by atoms with Gasteiger partial charge in [-0.3, -0.25) is 9.59 Å². The van der Waals surface area contributed by atoms with E-state index in [4.69, 9.17) is 4.74 Å². The van der Waals surface area contributed by atoms with E-state index in [2.05, 4.69) is 10.4 Å². The van der Waals surface area contributed by atoms with Gasteiger partial charge in [-0.25, -0.2) is 13.1 Å². The van der Waals surface area contributed by atoms with Crippen molar-refractivity contribution >= 4 is 21.9 Å². The summed E-state index contributed by atoms with van der Waals surface area (Å²) >= 11 is 0. The Bertz CT molecular complexity index is 1190. The first-order valence-corrected chi connectivity index (χ1v) is 11.9. The number of amides is 1. The lowest BCUT2D eigenvalue weighted by Crippen LogP contribution is -2.31. The van der Waals surface area contributed by atoms with Gasteiger partial charge in [0.1, 0.15) is 18.8 Å². The Hall–Kier alpha value is -3.50. The number of carbonyl (C=O) groups is 2. The predicted molar refractivity (Wildman–Crippen MR) is 122 cm³/mol. The zero-order chi connectivity index (χ0) is 23.8. The summed E-state index contributed by atoms with van der Waals surface area (Å²) in [7, 11) is -3.60. The average Bonchev–Trinajstić information content (AvgIpc) is 3.31. The van der Waals surface area contributed by atoms with Crippen LogP contribution in [-0.4, -0.2) is 54.0 Å². The largest absolute Gasteiger partial charge is 0.458 e. The van der Waals surface area contributed by atoms with Gasteiger partial charge < -0.3 is 10.1 Å². The van der Waals surface area contributed by atoms with E-state index in [1.54, 1.807) is 30.8 Å². The molecule has 3 aromatic rings. The topological polar surface area (TPSA) is 111 Å². The van der Waals surface area contributed by atoms with E-state index >= 15 is 0 Å². The van der Waals surface area contributed by atoms with Crippen molar-refractivity contribution in [1.29, 1.82) is 0 Å². The molecule has 0 radical (unpaired) electrons. The Balaban J connectivity index is 1.49. The van der Waals surface area contributed by atoms with Crippen molar-refractivity contribution in [2.45, 2.75) is 25.3 Å². The number of esters is 1. The summed E-state index contributed by atoms with van der Waals surface area (Å²) in [4.78, 5) is 24.4. The highest BCUT2D eigenvalue weighted by molar-refractivity contribution is 7.89. The Labute approximate surface area is 193 Å². The van der Waals surface area contributed by atoms with Crippen LogP contribution >= 0.6 is 0 Å². The molecular formula is C23H26N4O5S. The van der Waals surface area contributed by atoms with Gasteiger partial charge in [-0.15, -0.1) is 0 Å². The normalized spacial score (nSPS) is 11.4. The molecule has 0 saturated heterocycles. The third kappa shape index (κ3) is 6.05. The zero-order valence-electron chi connectivity index (χ0n) is 18.5. The highest BCUT2D eigenvalue weighted by Gasteiger charge is 2.21. The summed E-state index contributed by atoms with van der Waals surface area (Å²) in [6.07, 6.45) is 1.77. The van der Waals surface area contributed by atoms with Gasteiger partial charge in [-0.1, -0.05) is 32.0 Å². The number of aromatic nitrogens is 2. The molecule has 0 bridgehead atoms. The molecule has 10 heteroatoms. The molecule has 1 aromatic heterocycles. The van der Waals surface area contributed by atoms with Gasteiger partial charge in [0, 0.05) is 24.8 Å². The fourth-order valence-corrected chi connectivity index (χ4v) is 4.57. The second-order valence-corrected chi connectivity index (χ2v) is 8.98. The molecule has 33 heavy (non-hydrogen) atoms. The molecule has 0 aliphatic carbocycles. The summed E-state index contributed by atoms with van der Waals surface area (Å²) < 4.78 is 33.2. The molecule has 3 rings (SSSR count). The highest BCUT2D eigenvalue weighted by atomic mass is 32.2. The maximum atomic E-state index is 12.5. The fraction of sp³-hybridized carbons (Fsp3) is 0.261. The number of nitrogens with one attached hydrogen (secondary N) is 1. The number of rotatable bonds is 10. The molecule has 1 N–H and O–H groups in total. The summed E-state index contributed by atoms with van der Waals surface area (Å²) in [5.74, 6) is -1.12. The minimum Gasteiger partial charge on any atom is -0.458 e. The maximum Gasteiger partial charge on any atom is 0.325 e. The van der Waals surface area contributed by atoms with Crippen LogP contribution in [0.3, 0.4) is 0 Å². The summed E-state index contributed by atoms with van der Waals surface area (Å²) in [5, 5.41) is 6.82. The van der Waals surface area contributed by atoms with Crippen LogP contribution in [0.5, 0.6) is 0 Å². The second-order valence-electron chi connectivity index (χ2n) is 7.04. The lowest BCUT2D eigenvalue weighted by molar-refractivity contribution is -0.143. The molecule has 0 fully saturated rings. The van der Waals surface area contributed by atoms with Crippen molar-refractivity contribution in [1.82, 2.24) is 19.4 Å². The second kappa shape index (κ2) is 10.9. The van der Waals surface area contributed by atoms with Gasteiger partial charge in [0.15, 0.2) is 0 Å². The number of sulfonamides is 1. The van der Waals surface area contributed by atoms with Crippen LogP contribution in [0.2, 0.25) is 0 Å². The Morgan fingerprint density at radius 1 is 1.00 bits per heavy atom. The molecule has 9 nitrogen and oxygen atoms in total. The minimum absolute atomic E-state index is 0.0214. The summed E-state index contributed by atoms with van der Waals surface area (Å²) in [6, 6.07) is 16.8. The molecule has 174 valence electrons. The number of hydrogen-bond acceptors (Lipinski definition) is 6. The summed E-state index contributed by atoms with van der Waals surface area (Å²) in [6.45, 7) is 3.89. The zero-order valence-corrected chi connectivity index (χ0v) is 19.3. The Morgan fingerprint density at radius 3 is 2.30 bits per heavy atom. The van der Waals surface area contributed by atoms with E-state index in [1.165, 1.54) is 28.6 Å². The van der Waals surface area contributed by atoms with Crippen LogP contribution in [0.1, 0.15) is 29.9 Å². The standard InChI is InChI=1S/C23H26N4O5S/c1-3-26(4-2)33(30,31)21-12-10-18(11-13-21)23(29)24-16-22(28)32-17-19-14-15-27(25-19)20-8-6-5-7-9-20/h5-15H,3-4,16-17H2,1-2H3,(H,24,29). The first-order valence-electron chi connectivity index (χ1n) is 10.5. The Kier molecular flexibility index (Phi) is 7.96. The molecule has 0 aliphatic heterocycles. The van der Waals surface area contributed by atoms with Gasteiger partial charge in [-0.2, -0.15) is 9.40 Å². The molecule has 1 heterocycles. The molecular weight excluding hydrogens is 444 g/mol. The van der Waals surface area contributed by atoms with Gasteiger partial charge >= 0.3 is 5.97 Å². The number of para-hydroxylation sites is 1. The van der Waals surface area contributed by atoms with E-state index in [1.807, 2.05) is 30.3 Å². The molecule has 0 atom stereocenters. The van der Waals surface area contributed by atoms with Gasteiger partial charge in [0.2, 0.25) is 10.0 Å². The first-order chi connectivity index (χ1) is 15.8. The molecule has 0 saturated carbocycles. The van der Waals surface area contributed by atoms with E-state index in [0.29, 0.717) is 18.8 Å². The van der Waals surface area contributed by atoms with Gasteiger partial charge in [-0.05, 0) is 42.5 Å². The van der Waals surface area contributed by atoms with E-state index in [9.17, 15) is 18.0 Å². The minimum atomic E-state index is -3.60. The van der Waals surface area contributed by atoms with Crippen molar-refractivity contribution < 1.29 is 22.7 Å². The SMILES string of the molecule is CCN(CC)S(=O)(=O)c1ccc(C(=O)NCC(=O)OCc2ccn(-c3ccccc3)n2)cc1.